The van der Waals surface area contributed by atoms with Crippen molar-refractivity contribution in [2.24, 2.45) is 0 Å². The topological polar surface area (TPSA) is 53.1 Å². The van der Waals surface area contributed by atoms with Crippen LogP contribution >= 0.6 is 15.9 Å². The van der Waals surface area contributed by atoms with Crippen LogP contribution in [0, 0.1) is 0 Å². The molecule has 0 saturated carbocycles. The third-order valence-electron chi connectivity index (χ3n) is 3.12. The average Bonchev–Trinajstić information content (AvgIpc) is 3.08. The van der Waals surface area contributed by atoms with E-state index < -0.39 is 0 Å². The van der Waals surface area contributed by atoms with Crippen LogP contribution in [0.25, 0.3) is 22.8 Å². The van der Waals surface area contributed by atoms with Crippen molar-refractivity contribution in [1.29, 1.82) is 0 Å². The molecule has 2 aromatic heterocycles. The lowest BCUT2D eigenvalue weighted by Crippen LogP contribution is -2.12. The Bertz CT molecular complexity index is 769. The molecule has 0 bridgehead atoms. The summed E-state index contributed by atoms with van der Waals surface area (Å²) >= 11 is 3.43. The summed E-state index contributed by atoms with van der Waals surface area (Å²) in [6.07, 6.45) is 8.02. The van der Waals surface area contributed by atoms with E-state index in [1.807, 2.05) is 29.0 Å². The number of ether oxygens (including phenoxy) is 1. The molecule has 0 fully saturated rings. The molecule has 0 unspecified atom stereocenters. The zero-order chi connectivity index (χ0) is 15.5. The van der Waals surface area contributed by atoms with Gasteiger partial charge in [-0.1, -0.05) is 15.9 Å². The van der Waals surface area contributed by atoms with Gasteiger partial charge in [0.1, 0.15) is 18.0 Å². The summed E-state index contributed by atoms with van der Waals surface area (Å²) in [6.45, 7) is 1.20. The molecule has 0 aliphatic rings. The van der Waals surface area contributed by atoms with Crippen molar-refractivity contribution in [3.63, 3.8) is 0 Å². The van der Waals surface area contributed by atoms with Crippen LogP contribution in [-0.2, 0) is 22.4 Å². The van der Waals surface area contributed by atoms with Crippen LogP contribution in [0.15, 0.2) is 39.5 Å². The molecule has 0 N–H and O–H groups in total. The second-order valence-electron chi connectivity index (χ2n) is 5.08. The molecule has 22 heavy (non-hydrogen) atoms. The molecule has 0 spiro atoms. The zero-order valence-electron chi connectivity index (χ0n) is 12.5. The Morgan fingerprint density at radius 3 is 3.05 bits per heavy atom. The molecule has 0 aliphatic carbocycles. The smallest absolute Gasteiger partial charge is 0.264 e. The molecule has 2 heterocycles. The van der Waals surface area contributed by atoms with Gasteiger partial charge >= 0.3 is 0 Å². The van der Waals surface area contributed by atoms with Gasteiger partial charge in [0.2, 0.25) is 0 Å². The van der Waals surface area contributed by atoms with E-state index in [0.717, 1.165) is 27.9 Å². The highest BCUT2D eigenvalue weighted by Gasteiger charge is 2.14. The molecule has 116 valence electrons. The number of hydrogen-bond donors (Lipinski definition) is 0. The number of hydrogen-bond acceptors (Lipinski definition) is 4. The molecule has 0 radical (unpaired) electrons. The van der Waals surface area contributed by atoms with E-state index in [1.165, 1.54) is 0 Å². The highest BCUT2D eigenvalue weighted by atomic mass is 79.9. The van der Waals surface area contributed by atoms with Crippen molar-refractivity contribution in [2.45, 2.75) is 6.73 Å². The molecule has 0 saturated heterocycles. The second-order valence-corrected chi connectivity index (χ2v) is 8.37. The lowest BCUT2D eigenvalue weighted by molar-refractivity contribution is 0.0905. The maximum absolute atomic E-state index is 5.80. The van der Waals surface area contributed by atoms with Crippen molar-refractivity contribution < 1.29 is 9.15 Å². The average molecular weight is 383 g/mol. The first-order valence-corrected chi connectivity index (χ1v) is 9.83. The third kappa shape index (κ3) is 3.53. The SMILES string of the molecule is C[S+](C)CCOCn1ccnc1-c1nc2ccc(Br)cc2o1. The molecule has 0 aliphatic heterocycles. The van der Waals surface area contributed by atoms with Crippen LogP contribution in [0.3, 0.4) is 0 Å². The zero-order valence-corrected chi connectivity index (χ0v) is 14.9. The first kappa shape index (κ1) is 15.6. The Kier molecular flexibility index (Phi) is 4.85. The first-order chi connectivity index (χ1) is 10.6. The molecular weight excluding hydrogens is 366 g/mol. The standard InChI is InChI=1S/C15H17BrN3O2S/c1-22(2)8-7-20-10-19-6-5-17-14(19)15-18-12-4-3-11(16)9-13(12)21-15/h3-6,9H,7-8,10H2,1-2H3/q+1. The Morgan fingerprint density at radius 2 is 2.23 bits per heavy atom. The minimum absolute atomic E-state index is 0.397. The molecule has 0 atom stereocenters. The number of aromatic nitrogens is 3. The summed E-state index contributed by atoms with van der Waals surface area (Å²) in [5.41, 5.74) is 1.55. The maximum Gasteiger partial charge on any atom is 0.264 e. The van der Waals surface area contributed by atoms with Crippen LogP contribution in [0.4, 0.5) is 0 Å². The van der Waals surface area contributed by atoms with Gasteiger partial charge in [0.15, 0.2) is 11.4 Å². The summed E-state index contributed by atoms with van der Waals surface area (Å²) in [5.74, 6) is 2.26. The Balaban J connectivity index is 1.77. The number of fused-ring (bicyclic) bond motifs is 1. The van der Waals surface area contributed by atoms with Gasteiger partial charge < -0.3 is 13.7 Å². The van der Waals surface area contributed by atoms with E-state index in [1.54, 1.807) is 6.20 Å². The Hall–Kier alpha value is -1.31. The molecule has 0 amide bonds. The minimum Gasteiger partial charge on any atom is -0.434 e. The van der Waals surface area contributed by atoms with Gasteiger partial charge in [-0.2, -0.15) is 0 Å². The van der Waals surface area contributed by atoms with Crippen LogP contribution in [0.1, 0.15) is 0 Å². The van der Waals surface area contributed by atoms with Gasteiger partial charge in [-0.25, -0.2) is 9.97 Å². The predicted octanol–water partition coefficient (Wildman–Crippen LogP) is 3.31. The molecule has 7 heteroatoms. The minimum atomic E-state index is 0.397. The number of benzene rings is 1. The fraction of sp³-hybridized carbons (Fsp3) is 0.333. The van der Waals surface area contributed by atoms with Crippen molar-refractivity contribution in [2.75, 3.05) is 24.9 Å². The van der Waals surface area contributed by atoms with Crippen molar-refractivity contribution in [3.8, 4) is 11.7 Å². The highest BCUT2D eigenvalue weighted by Crippen LogP contribution is 2.25. The van der Waals surface area contributed by atoms with Crippen LogP contribution < -0.4 is 0 Å². The van der Waals surface area contributed by atoms with Gasteiger partial charge in [-0.3, -0.25) is 0 Å². The highest BCUT2D eigenvalue weighted by molar-refractivity contribution is 9.10. The van der Waals surface area contributed by atoms with E-state index in [2.05, 4.69) is 38.4 Å². The summed E-state index contributed by atoms with van der Waals surface area (Å²) in [5, 5.41) is 0. The van der Waals surface area contributed by atoms with Crippen molar-refractivity contribution in [3.05, 3.63) is 35.1 Å². The third-order valence-corrected chi connectivity index (χ3v) is 4.60. The lowest BCUT2D eigenvalue weighted by Gasteiger charge is -2.06. The fourth-order valence-corrected chi connectivity index (χ4v) is 2.79. The van der Waals surface area contributed by atoms with Crippen LogP contribution in [-0.4, -0.2) is 39.4 Å². The molecule has 1 aromatic carbocycles. The van der Waals surface area contributed by atoms with Gasteiger partial charge in [-0.05, 0) is 29.1 Å². The van der Waals surface area contributed by atoms with Crippen molar-refractivity contribution >= 4 is 37.9 Å². The Morgan fingerprint density at radius 1 is 1.36 bits per heavy atom. The Labute approximate surface area is 140 Å². The van der Waals surface area contributed by atoms with Crippen LogP contribution in [0.5, 0.6) is 0 Å². The van der Waals surface area contributed by atoms with E-state index >= 15 is 0 Å². The monoisotopic (exact) mass is 382 g/mol. The number of imidazole rings is 1. The van der Waals surface area contributed by atoms with Crippen molar-refractivity contribution in [1.82, 2.24) is 14.5 Å². The number of nitrogens with zero attached hydrogens (tertiary/aromatic N) is 3. The predicted molar refractivity (Wildman–Crippen MR) is 93.0 cm³/mol. The van der Waals surface area contributed by atoms with E-state index in [0.29, 0.717) is 29.3 Å². The maximum atomic E-state index is 5.80. The quantitative estimate of drug-likeness (QED) is 0.484. The molecular formula is C15H17BrN3O2S+. The summed E-state index contributed by atoms with van der Waals surface area (Å²) in [4.78, 5) is 8.82. The van der Waals surface area contributed by atoms with Crippen LogP contribution in [0.2, 0.25) is 0 Å². The molecule has 3 aromatic rings. The van der Waals surface area contributed by atoms with Gasteiger partial charge in [0.25, 0.3) is 5.89 Å². The fourth-order valence-electron chi connectivity index (χ4n) is 1.99. The van der Waals surface area contributed by atoms with E-state index in [4.69, 9.17) is 9.15 Å². The van der Waals surface area contributed by atoms with Gasteiger partial charge in [0, 0.05) is 16.9 Å². The second kappa shape index (κ2) is 6.85. The first-order valence-electron chi connectivity index (χ1n) is 6.83. The normalized spacial score (nSPS) is 11.6. The summed E-state index contributed by atoms with van der Waals surface area (Å²) in [7, 11) is 0.397. The molecule has 3 rings (SSSR count). The number of oxazole rings is 1. The summed E-state index contributed by atoms with van der Waals surface area (Å²) in [6, 6.07) is 5.76. The van der Waals surface area contributed by atoms with E-state index in [9.17, 15) is 0 Å². The number of halogens is 1. The summed E-state index contributed by atoms with van der Waals surface area (Å²) < 4.78 is 14.4. The lowest BCUT2D eigenvalue weighted by atomic mass is 10.3. The van der Waals surface area contributed by atoms with E-state index in [-0.39, 0.29) is 0 Å². The molecule has 5 nitrogen and oxygen atoms in total. The number of rotatable bonds is 6. The van der Waals surface area contributed by atoms with Gasteiger partial charge in [0.05, 0.1) is 19.1 Å². The van der Waals surface area contributed by atoms with Gasteiger partial charge in [-0.15, -0.1) is 0 Å². The largest absolute Gasteiger partial charge is 0.434 e.